The van der Waals surface area contributed by atoms with Crippen molar-refractivity contribution in [3.05, 3.63) is 63.5 Å². The molecule has 1 amide bonds. The number of aromatic amines is 1. The van der Waals surface area contributed by atoms with Crippen LogP contribution in [0.3, 0.4) is 0 Å². The first-order valence-electron chi connectivity index (χ1n) is 10.2. The fourth-order valence-corrected chi connectivity index (χ4v) is 4.79. The second-order valence-electron chi connectivity index (χ2n) is 7.51. The van der Waals surface area contributed by atoms with Crippen molar-refractivity contribution in [3.63, 3.8) is 0 Å². The van der Waals surface area contributed by atoms with Crippen LogP contribution in [0.1, 0.15) is 42.4 Å². The number of carbonyl (C=O) groups excluding carboxylic acids is 1. The van der Waals surface area contributed by atoms with Gasteiger partial charge in [-0.2, -0.15) is 0 Å². The molecule has 1 aliphatic rings. The largest absolute Gasteiger partial charge is 0.339 e. The van der Waals surface area contributed by atoms with Gasteiger partial charge in [0.2, 0.25) is 0 Å². The van der Waals surface area contributed by atoms with Crippen LogP contribution in [0.5, 0.6) is 0 Å². The van der Waals surface area contributed by atoms with Gasteiger partial charge in [-0.25, -0.2) is 4.98 Å². The van der Waals surface area contributed by atoms with E-state index in [0.717, 1.165) is 55.8 Å². The Morgan fingerprint density at radius 1 is 1.24 bits per heavy atom. The number of benzene rings is 1. The molecule has 1 saturated heterocycles. The second-order valence-corrected chi connectivity index (χ2v) is 8.42. The standard InChI is InChI=1S/C22H26N4O2S/c1-2-11-26(15-19-23-18-10-14-29-20(18)21(27)24-19)17-8-12-25(13-9-17)22(28)16-6-4-3-5-7-16/h3-7,10,14,17H,2,8-9,11-13,15H2,1H3,(H,23,24,27). The number of carbonyl (C=O) groups is 1. The van der Waals surface area contributed by atoms with E-state index in [1.165, 1.54) is 11.3 Å². The lowest BCUT2D eigenvalue weighted by Crippen LogP contribution is -2.47. The molecule has 0 aliphatic carbocycles. The molecule has 1 aromatic carbocycles. The Morgan fingerprint density at radius 2 is 2.00 bits per heavy atom. The van der Waals surface area contributed by atoms with Crippen molar-refractivity contribution < 1.29 is 4.79 Å². The third-order valence-corrected chi connectivity index (χ3v) is 6.42. The van der Waals surface area contributed by atoms with Crippen molar-refractivity contribution in [2.45, 2.75) is 38.8 Å². The average molecular weight is 411 g/mol. The minimum atomic E-state index is -0.0558. The monoisotopic (exact) mass is 410 g/mol. The number of likely N-dealkylation sites (tertiary alicyclic amines) is 1. The fraction of sp³-hybridized carbons (Fsp3) is 0.409. The molecular formula is C22H26N4O2S. The van der Waals surface area contributed by atoms with Crippen LogP contribution < -0.4 is 5.56 Å². The van der Waals surface area contributed by atoms with Crippen molar-refractivity contribution in [3.8, 4) is 0 Å². The van der Waals surface area contributed by atoms with E-state index in [9.17, 15) is 9.59 Å². The topological polar surface area (TPSA) is 69.3 Å². The van der Waals surface area contributed by atoms with E-state index in [-0.39, 0.29) is 11.5 Å². The number of hydrogen-bond donors (Lipinski definition) is 1. The van der Waals surface area contributed by atoms with E-state index in [0.29, 0.717) is 17.3 Å². The van der Waals surface area contributed by atoms with Crippen LogP contribution in [0, 0.1) is 0 Å². The maximum absolute atomic E-state index is 12.7. The van der Waals surface area contributed by atoms with Gasteiger partial charge in [0.05, 0.1) is 12.1 Å². The van der Waals surface area contributed by atoms with Crippen LogP contribution in [0.15, 0.2) is 46.6 Å². The first-order chi connectivity index (χ1) is 14.2. The van der Waals surface area contributed by atoms with E-state index in [1.54, 1.807) is 0 Å². The van der Waals surface area contributed by atoms with Gasteiger partial charge >= 0.3 is 0 Å². The maximum atomic E-state index is 12.7. The molecule has 7 heteroatoms. The molecule has 6 nitrogen and oxygen atoms in total. The van der Waals surface area contributed by atoms with Gasteiger partial charge in [-0.15, -0.1) is 11.3 Å². The number of piperidine rings is 1. The zero-order chi connectivity index (χ0) is 20.2. The number of thiophene rings is 1. The van der Waals surface area contributed by atoms with Crippen LogP contribution in [0.25, 0.3) is 10.2 Å². The van der Waals surface area contributed by atoms with Gasteiger partial charge in [0.1, 0.15) is 10.5 Å². The normalized spacial score (nSPS) is 15.3. The van der Waals surface area contributed by atoms with Gasteiger partial charge in [-0.1, -0.05) is 25.1 Å². The van der Waals surface area contributed by atoms with Gasteiger partial charge in [0.25, 0.3) is 11.5 Å². The molecule has 29 heavy (non-hydrogen) atoms. The van der Waals surface area contributed by atoms with Crippen molar-refractivity contribution in [2.75, 3.05) is 19.6 Å². The Balaban J connectivity index is 1.43. The molecule has 0 unspecified atom stereocenters. The summed E-state index contributed by atoms with van der Waals surface area (Å²) in [6.07, 6.45) is 2.90. The molecule has 0 spiro atoms. The van der Waals surface area contributed by atoms with Gasteiger partial charge < -0.3 is 9.88 Å². The Hall–Kier alpha value is -2.51. The van der Waals surface area contributed by atoms with Gasteiger partial charge in [-0.3, -0.25) is 14.5 Å². The summed E-state index contributed by atoms with van der Waals surface area (Å²) in [6.45, 7) is 5.26. The molecule has 4 rings (SSSR count). The minimum absolute atomic E-state index is 0.0558. The highest BCUT2D eigenvalue weighted by Gasteiger charge is 2.27. The molecule has 2 aromatic heterocycles. The zero-order valence-corrected chi connectivity index (χ0v) is 17.5. The number of hydrogen-bond acceptors (Lipinski definition) is 5. The molecule has 3 aromatic rings. The quantitative estimate of drug-likeness (QED) is 0.675. The Kier molecular flexibility index (Phi) is 6.06. The number of rotatable bonds is 6. The first-order valence-corrected chi connectivity index (χ1v) is 11.1. The molecule has 1 aliphatic heterocycles. The zero-order valence-electron chi connectivity index (χ0n) is 16.6. The lowest BCUT2D eigenvalue weighted by Gasteiger charge is -2.38. The summed E-state index contributed by atoms with van der Waals surface area (Å²) in [5, 5.41) is 1.90. The molecule has 0 bridgehead atoms. The van der Waals surface area contributed by atoms with E-state index in [4.69, 9.17) is 0 Å². The predicted molar refractivity (Wildman–Crippen MR) is 116 cm³/mol. The molecule has 3 heterocycles. The van der Waals surface area contributed by atoms with Crippen LogP contribution in [-0.2, 0) is 6.54 Å². The summed E-state index contributed by atoms with van der Waals surface area (Å²) >= 11 is 1.42. The predicted octanol–water partition coefficient (Wildman–Crippen LogP) is 3.50. The summed E-state index contributed by atoms with van der Waals surface area (Å²) in [5.41, 5.74) is 1.47. The lowest BCUT2D eigenvalue weighted by molar-refractivity contribution is 0.0603. The van der Waals surface area contributed by atoms with Crippen LogP contribution in [0.2, 0.25) is 0 Å². The van der Waals surface area contributed by atoms with Crippen LogP contribution in [-0.4, -0.2) is 51.4 Å². The number of nitrogens with one attached hydrogen (secondary N) is 1. The summed E-state index contributed by atoms with van der Waals surface area (Å²) in [7, 11) is 0. The van der Waals surface area contributed by atoms with Crippen molar-refractivity contribution >= 4 is 27.5 Å². The Labute approximate surface area is 174 Å². The van der Waals surface area contributed by atoms with Crippen molar-refractivity contribution in [1.82, 2.24) is 19.8 Å². The Morgan fingerprint density at radius 3 is 2.72 bits per heavy atom. The van der Waals surface area contributed by atoms with E-state index < -0.39 is 0 Å². The summed E-state index contributed by atoms with van der Waals surface area (Å²) in [6, 6.07) is 11.8. The second kappa shape index (κ2) is 8.88. The summed E-state index contributed by atoms with van der Waals surface area (Å²) in [4.78, 5) is 36.9. The highest BCUT2D eigenvalue weighted by atomic mass is 32.1. The first kappa shape index (κ1) is 19.8. The van der Waals surface area contributed by atoms with Crippen molar-refractivity contribution in [2.24, 2.45) is 0 Å². The third kappa shape index (κ3) is 4.41. The highest BCUT2D eigenvalue weighted by Crippen LogP contribution is 2.21. The third-order valence-electron chi connectivity index (χ3n) is 5.52. The van der Waals surface area contributed by atoms with E-state index in [2.05, 4.69) is 21.8 Å². The smallest absolute Gasteiger partial charge is 0.268 e. The van der Waals surface area contributed by atoms with Gasteiger partial charge in [0.15, 0.2) is 0 Å². The van der Waals surface area contributed by atoms with Crippen molar-refractivity contribution in [1.29, 1.82) is 0 Å². The minimum Gasteiger partial charge on any atom is -0.339 e. The number of H-pyrrole nitrogens is 1. The number of aromatic nitrogens is 2. The number of amides is 1. The fourth-order valence-electron chi connectivity index (χ4n) is 4.06. The maximum Gasteiger partial charge on any atom is 0.268 e. The molecule has 1 fully saturated rings. The van der Waals surface area contributed by atoms with Crippen LogP contribution in [0.4, 0.5) is 0 Å². The SMILES string of the molecule is CCCN(Cc1nc2ccsc2c(=O)[nH]1)C1CCN(C(=O)c2ccccc2)CC1. The number of fused-ring (bicyclic) bond motifs is 1. The van der Waals surface area contributed by atoms with E-state index in [1.807, 2.05) is 46.7 Å². The molecule has 0 atom stereocenters. The van der Waals surface area contributed by atoms with E-state index >= 15 is 0 Å². The summed E-state index contributed by atoms with van der Waals surface area (Å²) in [5.74, 6) is 0.831. The molecule has 0 saturated carbocycles. The molecule has 152 valence electrons. The molecule has 0 radical (unpaired) electrons. The molecule has 1 N–H and O–H groups in total. The van der Waals surface area contributed by atoms with Crippen LogP contribution >= 0.6 is 11.3 Å². The van der Waals surface area contributed by atoms with Gasteiger partial charge in [0, 0.05) is 24.7 Å². The highest BCUT2D eigenvalue weighted by molar-refractivity contribution is 7.17. The average Bonchev–Trinajstić information content (AvgIpc) is 3.23. The van der Waals surface area contributed by atoms with Gasteiger partial charge in [-0.05, 0) is 49.4 Å². The summed E-state index contributed by atoms with van der Waals surface area (Å²) < 4.78 is 0.684. The lowest BCUT2D eigenvalue weighted by atomic mass is 10.0. The Bertz CT molecular complexity index is 1020. The number of nitrogens with zero attached hydrogens (tertiary/aromatic N) is 3. The molecular weight excluding hydrogens is 384 g/mol.